The maximum atomic E-state index is 5.60. The summed E-state index contributed by atoms with van der Waals surface area (Å²) in [6, 6.07) is 5.89. The van der Waals surface area contributed by atoms with E-state index in [0.29, 0.717) is 19.0 Å². The molecule has 0 aliphatic carbocycles. The minimum absolute atomic E-state index is 0.191. The number of anilines is 1. The highest BCUT2D eigenvalue weighted by Gasteiger charge is 2.17. The molecule has 0 bridgehead atoms. The van der Waals surface area contributed by atoms with Crippen LogP contribution in [0.4, 0.5) is 6.01 Å². The van der Waals surface area contributed by atoms with Crippen molar-refractivity contribution in [3.05, 3.63) is 23.9 Å². The number of aromatic nitrogens is 1. The van der Waals surface area contributed by atoms with Crippen molar-refractivity contribution in [2.75, 3.05) is 18.9 Å². The SMILES string of the molecule is CCc1nc(N)oc1-c1ccc2c(c1)OCCO2. The van der Waals surface area contributed by atoms with Gasteiger partial charge < -0.3 is 19.6 Å². The second kappa shape index (κ2) is 4.25. The topological polar surface area (TPSA) is 70.5 Å². The van der Waals surface area contributed by atoms with Crippen molar-refractivity contribution in [1.82, 2.24) is 4.98 Å². The van der Waals surface area contributed by atoms with Crippen LogP contribution in [0.5, 0.6) is 11.5 Å². The zero-order chi connectivity index (χ0) is 12.5. The number of hydrogen-bond acceptors (Lipinski definition) is 5. The van der Waals surface area contributed by atoms with Crippen LogP contribution in [0.1, 0.15) is 12.6 Å². The monoisotopic (exact) mass is 246 g/mol. The Morgan fingerprint density at radius 2 is 2.00 bits per heavy atom. The van der Waals surface area contributed by atoms with Crippen LogP contribution < -0.4 is 15.2 Å². The summed E-state index contributed by atoms with van der Waals surface area (Å²) in [6.07, 6.45) is 0.768. The van der Waals surface area contributed by atoms with Gasteiger partial charge in [0.15, 0.2) is 17.3 Å². The minimum atomic E-state index is 0.191. The van der Waals surface area contributed by atoms with E-state index < -0.39 is 0 Å². The van der Waals surface area contributed by atoms with E-state index in [4.69, 9.17) is 19.6 Å². The Morgan fingerprint density at radius 3 is 2.78 bits per heavy atom. The van der Waals surface area contributed by atoms with E-state index in [2.05, 4.69) is 4.98 Å². The third-order valence-corrected chi connectivity index (χ3v) is 2.85. The molecule has 1 aromatic heterocycles. The fraction of sp³-hybridized carbons (Fsp3) is 0.308. The lowest BCUT2D eigenvalue weighted by molar-refractivity contribution is 0.171. The Hall–Kier alpha value is -2.17. The molecule has 1 aliphatic rings. The van der Waals surface area contributed by atoms with E-state index in [1.54, 1.807) is 0 Å². The Bertz CT molecular complexity index is 578. The van der Waals surface area contributed by atoms with Gasteiger partial charge in [0, 0.05) is 5.56 Å². The lowest BCUT2D eigenvalue weighted by Crippen LogP contribution is -2.15. The summed E-state index contributed by atoms with van der Waals surface area (Å²) < 4.78 is 16.5. The highest BCUT2D eigenvalue weighted by Crippen LogP contribution is 2.36. The fourth-order valence-corrected chi connectivity index (χ4v) is 2.02. The van der Waals surface area contributed by atoms with Crippen molar-refractivity contribution in [1.29, 1.82) is 0 Å². The Morgan fingerprint density at radius 1 is 1.22 bits per heavy atom. The number of aryl methyl sites for hydroxylation is 1. The largest absolute Gasteiger partial charge is 0.486 e. The summed E-state index contributed by atoms with van der Waals surface area (Å²) in [4.78, 5) is 4.16. The number of hydrogen-bond donors (Lipinski definition) is 1. The molecule has 3 rings (SSSR count). The van der Waals surface area contributed by atoms with E-state index in [-0.39, 0.29) is 6.01 Å². The molecular weight excluding hydrogens is 232 g/mol. The van der Waals surface area contributed by atoms with E-state index in [1.807, 2.05) is 25.1 Å². The Kier molecular flexibility index (Phi) is 2.59. The van der Waals surface area contributed by atoms with Crippen LogP contribution >= 0.6 is 0 Å². The number of nitrogen functional groups attached to an aromatic ring is 1. The first kappa shape index (κ1) is 11.0. The number of ether oxygens (including phenoxy) is 2. The third kappa shape index (κ3) is 1.77. The molecule has 0 radical (unpaired) electrons. The smallest absolute Gasteiger partial charge is 0.292 e. The third-order valence-electron chi connectivity index (χ3n) is 2.85. The molecule has 0 unspecified atom stereocenters. The minimum Gasteiger partial charge on any atom is -0.486 e. The summed E-state index contributed by atoms with van der Waals surface area (Å²) in [7, 11) is 0. The number of oxazole rings is 1. The van der Waals surface area contributed by atoms with Crippen LogP contribution in [0.2, 0.25) is 0 Å². The van der Waals surface area contributed by atoms with Crippen molar-refractivity contribution in [2.24, 2.45) is 0 Å². The van der Waals surface area contributed by atoms with Crippen LogP contribution in [-0.4, -0.2) is 18.2 Å². The first-order valence-corrected chi connectivity index (χ1v) is 5.93. The van der Waals surface area contributed by atoms with Crippen LogP contribution in [0.15, 0.2) is 22.6 Å². The number of nitrogens with zero attached hydrogens (tertiary/aromatic N) is 1. The van der Waals surface area contributed by atoms with Gasteiger partial charge in [-0.3, -0.25) is 0 Å². The van der Waals surface area contributed by atoms with Crippen LogP contribution in [0.3, 0.4) is 0 Å². The molecule has 5 heteroatoms. The molecule has 0 amide bonds. The molecule has 5 nitrogen and oxygen atoms in total. The Labute approximate surface area is 105 Å². The molecule has 0 saturated heterocycles. The molecule has 0 spiro atoms. The first-order chi connectivity index (χ1) is 8.78. The summed E-state index contributed by atoms with van der Waals surface area (Å²) in [5.74, 6) is 2.19. The van der Waals surface area contributed by atoms with Gasteiger partial charge in [0.05, 0.1) is 5.69 Å². The lowest BCUT2D eigenvalue weighted by Gasteiger charge is -2.18. The number of fused-ring (bicyclic) bond motifs is 1. The Balaban J connectivity index is 2.06. The van der Waals surface area contributed by atoms with Crippen molar-refractivity contribution >= 4 is 6.01 Å². The molecule has 2 aromatic rings. The predicted molar refractivity (Wildman–Crippen MR) is 66.7 cm³/mol. The molecule has 0 fully saturated rings. The summed E-state index contributed by atoms with van der Waals surface area (Å²) in [5.41, 5.74) is 7.35. The number of rotatable bonds is 2. The van der Waals surface area contributed by atoms with Crippen LogP contribution in [-0.2, 0) is 6.42 Å². The van der Waals surface area contributed by atoms with Gasteiger partial charge in [0.1, 0.15) is 13.2 Å². The van der Waals surface area contributed by atoms with Crippen LogP contribution in [0, 0.1) is 0 Å². The molecule has 18 heavy (non-hydrogen) atoms. The first-order valence-electron chi connectivity index (χ1n) is 5.93. The van der Waals surface area contributed by atoms with Gasteiger partial charge in [-0.15, -0.1) is 0 Å². The zero-order valence-electron chi connectivity index (χ0n) is 10.1. The summed E-state index contributed by atoms with van der Waals surface area (Å²) >= 11 is 0. The van der Waals surface area contributed by atoms with Crippen molar-refractivity contribution < 1.29 is 13.9 Å². The van der Waals surface area contributed by atoms with Gasteiger partial charge in [0.2, 0.25) is 0 Å². The number of benzene rings is 1. The summed E-state index contributed by atoms with van der Waals surface area (Å²) in [5, 5.41) is 0. The summed E-state index contributed by atoms with van der Waals surface area (Å²) in [6.45, 7) is 3.16. The van der Waals surface area contributed by atoms with Crippen LogP contribution in [0.25, 0.3) is 11.3 Å². The average Bonchev–Trinajstić information content (AvgIpc) is 2.79. The number of nitrogens with two attached hydrogens (primary N) is 1. The molecule has 2 heterocycles. The van der Waals surface area contributed by atoms with Crippen molar-refractivity contribution in [3.63, 3.8) is 0 Å². The highest BCUT2D eigenvalue weighted by atomic mass is 16.6. The average molecular weight is 246 g/mol. The lowest BCUT2D eigenvalue weighted by atomic mass is 10.1. The standard InChI is InChI=1S/C13H14N2O3/c1-2-9-12(18-13(14)15-9)8-3-4-10-11(7-8)17-6-5-16-10/h3-4,7H,2,5-6H2,1H3,(H2,14,15). The molecule has 0 saturated carbocycles. The maximum Gasteiger partial charge on any atom is 0.292 e. The van der Waals surface area contributed by atoms with Gasteiger partial charge in [0.25, 0.3) is 6.01 Å². The molecular formula is C13H14N2O3. The van der Waals surface area contributed by atoms with E-state index in [9.17, 15) is 0 Å². The maximum absolute atomic E-state index is 5.60. The highest BCUT2D eigenvalue weighted by molar-refractivity contribution is 5.65. The second-order valence-corrected chi connectivity index (χ2v) is 4.04. The van der Waals surface area contributed by atoms with Crippen molar-refractivity contribution in [2.45, 2.75) is 13.3 Å². The van der Waals surface area contributed by atoms with Gasteiger partial charge in [-0.25, -0.2) is 0 Å². The van der Waals surface area contributed by atoms with Gasteiger partial charge in [-0.2, -0.15) is 4.98 Å². The fourth-order valence-electron chi connectivity index (χ4n) is 2.02. The molecule has 94 valence electrons. The normalized spacial score (nSPS) is 13.6. The molecule has 1 aliphatic heterocycles. The zero-order valence-corrected chi connectivity index (χ0v) is 10.1. The predicted octanol–water partition coefficient (Wildman–Crippen LogP) is 2.26. The molecule has 2 N–H and O–H groups in total. The van der Waals surface area contributed by atoms with E-state index in [1.165, 1.54) is 0 Å². The van der Waals surface area contributed by atoms with Crippen molar-refractivity contribution in [3.8, 4) is 22.8 Å². The molecule has 1 aromatic carbocycles. The second-order valence-electron chi connectivity index (χ2n) is 4.04. The van der Waals surface area contributed by atoms with E-state index in [0.717, 1.165) is 29.2 Å². The van der Waals surface area contributed by atoms with E-state index >= 15 is 0 Å². The quantitative estimate of drug-likeness (QED) is 0.880. The van der Waals surface area contributed by atoms with Gasteiger partial charge in [-0.1, -0.05) is 6.92 Å². The van der Waals surface area contributed by atoms with Gasteiger partial charge in [-0.05, 0) is 24.6 Å². The molecule has 0 atom stereocenters. The van der Waals surface area contributed by atoms with Gasteiger partial charge >= 0.3 is 0 Å².